The van der Waals surface area contributed by atoms with Gasteiger partial charge in [0.1, 0.15) is 0 Å². The Morgan fingerprint density at radius 2 is 1.75 bits per heavy atom. The maximum absolute atomic E-state index is 12.6. The lowest BCUT2D eigenvalue weighted by molar-refractivity contribution is -0.142. The van der Waals surface area contributed by atoms with Crippen LogP contribution in [0.1, 0.15) is 71.1 Å². The van der Waals surface area contributed by atoms with Gasteiger partial charge in [0.25, 0.3) is 0 Å². The van der Waals surface area contributed by atoms with Crippen molar-refractivity contribution in [2.24, 2.45) is 17.8 Å². The highest BCUT2D eigenvalue weighted by Crippen LogP contribution is 2.38. The minimum absolute atomic E-state index is 0.00615. The zero-order valence-corrected chi connectivity index (χ0v) is 12.6. The zero-order valence-electron chi connectivity index (χ0n) is 12.6. The normalized spacial score (nSPS) is 30.6. The van der Waals surface area contributed by atoms with Crippen molar-refractivity contribution in [2.45, 2.75) is 77.2 Å². The molecular formula is C17H27NO2. The third-order valence-corrected chi connectivity index (χ3v) is 5.78. The first-order valence-electron chi connectivity index (χ1n) is 8.52. The van der Waals surface area contributed by atoms with Gasteiger partial charge in [-0.1, -0.05) is 38.5 Å². The van der Waals surface area contributed by atoms with Crippen LogP contribution in [-0.4, -0.2) is 22.8 Å². The predicted octanol–water partition coefficient (Wildman–Crippen LogP) is 3.52. The van der Waals surface area contributed by atoms with Crippen molar-refractivity contribution in [3.63, 3.8) is 0 Å². The molecule has 2 atom stereocenters. The quantitative estimate of drug-likeness (QED) is 0.737. The first kappa shape index (κ1) is 14.1. The summed E-state index contributed by atoms with van der Waals surface area (Å²) in [5, 5.41) is 0. The molecule has 1 aliphatic heterocycles. The summed E-state index contributed by atoms with van der Waals surface area (Å²) in [4.78, 5) is 26.5. The molecule has 0 bridgehead atoms. The van der Waals surface area contributed by atoms with E-state index in [0.29, 0.717) is 12.3 Å². The summed E-state index contributed by atoms with van der Waals surface area (Å²) in [5.74, 6) is 1.47. The van der Waals surface area contributed by atoms with Gasteiger partial charge in [0.15, 0.2) is 0 Å². The van der Waals surface area contributed by atoms with E-state index >= 15 is 0 Å². The van der Waals surface area contributed by atoms with Crippen molar-refractivity contribution in [1.29, 1.82) is 0 Å². The maximum atomic E-state index is 12.6. The number of rotatable bonds is 4. The summed E-state index contributed by atoms with van der Waals surface area (Å²) >= 11 is 0. The van der Waals surface area contributed by atoms with Crippen LogP contribution in [0.15, 0.2) is 0 Å². The van der Waals surface area contributed by atoms with Crippen molar-refractivity contribution in [1.82, 2.24) is 4.90 Å². The monoisotopic (exact) mass is 277 g/mol. The van der Waals surface area contributed by atoms with Gasteiger partial charge in [-0.05, 0) is 38.0 Å². The highest BCUT2D eigenvalue weighted by molar-refractivity contribution is 6.04. The summed E-state index contributed by atoms with van der Waals surface area (Å²) < 4.78 is 0. The Morgan fingerprint density at radius 1 is 1.05 bits per heavy atom. The number of amides is 2. The minimum atomic E-state index is 0.00615. The smallest absolute Gasteiger partial charge is 0.233 e. The average Bonchev–Trinajstić information content (AvgIpc) is 2.70. The third kappa shape index (κ3) is 2.64. The van der Waals surface area contributed by atoms with E-state index in [9.17, 15) is 9.59 Å². The lowest BCUT2D eigenvalue weighted by atomic mass is 9.79. The summed E-state index contributed by atoms with van der Waals surface area (Å²) in [6.07, 6.45) is 11.5. The van der Waals surface area contributed by atoms with Crippen molar-refractivity contribution in [2.75, 3.05) is 0 Å². The minimum Gasteiger partial charge on any atom is -0.280 e. The number of hydrogen-bond donors (Lipinski definition) is 0. The van der Waals surface area contributed by atoms with Crippen LogP contribution < -0.4 is 0 Å². The Balaban J connectivity index is 1.62. The van der Waals surface area contributed by atoms with Crippen LogP contribution in [0.3, 0.4) is 0 Å². The van der Waals surface area contributed by atoms with Gasteiger partial charge in [0.05, 0.1) is 5.92 Å². The Hall–Kier alpha value is -0.860. The molecule has 3 nitrogen and oxygen atoms in total. The van der Waals surface area contributed by atoms with Crippen molar-refractivity contribution in [3.8, 4) is 0 Å². The second-order valence-corrected chi connectivity index (χ2v) is 7.19. The summed E-state index contributed by atoms with van der Waals surface area (Å²) in [6.45, 7) is 2.07. The lowest BCUT2D eigenvalue weighted by Gasteiger charge is -2.32. The van der Waals surface area contributed by atoms with Crippen LogP contribution in [0.25, 0.3) is 0 Å². The number of likely N-dealkylation sites (tertiary alicyclic amines) is 1. The van der Waals surface area contributed by atoms with E-state index in [1.807, 2.05) is 0 Å². The fourth-order valence-electron chi connectivity index (χ4n) is 4.36. The summed E-state index contributed by atoms with van der Waals surface area (Å²) in [5.41, 5.74) is 0. The van der Waals surface area contributed by atoms with E-state index < -0.39 is 0 Å². The van der Waals surface area contributed by atoms with Crippen LogP contribution in [0.2, 0.25) is 0 Å². The van der Waals surface area contributed by atoms with Gasteiger partial charge in [0.2, 0.25) is 11.8 Å². The van der Waals surface area contributed by atoms with Crippen LogP contribution >= 0.6 is 0 Å². The number of hydrogen-bond acceptors (Lipinski definition) is 2. The van der Waals surface area contributed by atoms with E-state index in [-0.39, 0.29) is 23.8 Å². The molecule has 2 saturated carbocycles. The first-order valence-corrected chi connectivity index (χ1v) is 8.52. The molecule has 0 spiro atoms. The van der Waals surface area contributed by atoms with E-state index in [2.05, 4.69) is 6.92 Å². The Kier molecular flexibility index (Phi) is 4.13. The number of carbonyl (C=O) groups is 2. The standard InChI is InChI=1S/C17H27NO2/c1-12(10-13-6-5-7-13)18-16(19)11-15(17(18)20)14-8-3-2-4-9-14/h12-15H,2-11H2,1H3. The molecular weight excluding hydrogens is 250 g/mol. The molecule has 3 aliphatic rings. The zero-order chi connectivity index (χ0) is 14.1. The molecule has 112 valence electrons. The highest BCUT2D eigenvalue weighted by atomic mass is 16.2. The van der Waals surface area contributed by atoms with E-state index in [1.165, 1.54) is 38.5 Å². The van der Waals surface area contributed by atoms with Crippen LogP contribution in [0.4, 0.5) is 0 Å². The molecule has 3 fully saturated rings. The van der Waals surface area contributed by atoms with Gasteiger partial charge in [-0.2, -0.15) is 0 Å². The van der Waals surface area contributed by atoms with Gasteiger partial charge in [-0.15, -0.1) is 0 Å². The number of imide groups is 1. The Bertz CT molecular complexity index is 382. The number of nitrogens with zero attached hydrogens (tertiary/aromatic N) is 1. The van der Waals surface area contributed by atoms with E-state index in [4.69, 9.17) is 0 Å². The Morgan fingerprint density at radius 3 is 2.35 bits per heavy atom. The second-order valence-electron chi connectivity index (χ2n) is 7.19. The van der Waals surface area contributed by atoms with Crippen molar-refractivity contribution in [3.05, 3.63) is 0 Å². The van der Waals surface area contributed by atoms with E-state index in [1.54, 1.807) is 4.90 Å². The van der Waals surface area contributed by atoms with Gasteiger partial charge in [-0.3, -0.25) is 14.5 Å². The molecule has 2 amide bonds. The van der Waals surface area contributed by atoms with E-state index in [0.717, 1.165) is 25.2 Å². The first-order chi connectivity index (χ1) is 9.66. The molecule has 20 heavy (non-hydrogen) atoms. The molecule has 1 heterocycles. The third-order valence-electron chi connectivity index (χ3n) is 5.78. The molecule has 2 aliphatic carbocycles. The van der Waals surface area contributed by atoms with Gasteiger partial charge >= 0.3 is 0 Å². The van der Waals surface area contributed by atoms with Crippen LogP contribution in [0, 0.1) is 17.8 Å². The molecule has 3 rings (SSSR count). The van der Waals surface area contributed by atoms with Gasteiger partial charge in [-0.25, -0.2) is 0 Å². The fourth-order valence-corrected chi connectivity index (χ4v) is 4.36. The summed E-state index contributed by atoms with van der Waals surface area (Å²) in [7, 11) is 0. The predicted molar refractivity (Wildman–Crippen MR) is 78.0 cm³/mol. The summed E-state index contributed by atoms with van der Waals surface area (Å²) in [6, 6.07) is 0.119. The van der Waals surface area contributed by atoms with Gasteiger partial charge in [0, 0.05) is 12.5 Å². The van der Waals surface area contributed by atoms with Gasteiger partial charge < -0.3 is 0 Å². The molecule has 0 radical (unpaired) electrons. The van der Waals surface area contributed by atoms with Crippen molar-refractivity contribution >= 4 is 11.8 Å². The molecule has 0 aromatic heterocycles. The maximum Gasteiger partial charge on any atom is 0.233 e. The average molecular weight is 277 g/mol. The number of carbonyl (C=O) groups excluding carboxylic acids is 2. The van der Waals surface area contributed by atoms with Crippen LogP contribution in [-0.2, 0) is 9.59 Å². The topological polar surface area (TPSA) is 37.4 Å². The molecule has 0 aromatic rings. The largest absolute Gasteiger partial charge is 0.280 e. The molecule has 3 heteroatoms. The molecule has 0 N–H and O–H groups in total. The fraction of sp³-hybridized carbons (Fsp3) is 0.882. The molecule has 1 saturated heterocycles. The second kappa shape index (κ2) is 5.87. The van der Waals surface area contributed by atoms with Crippen molar-refractivity contribution < 1.29 is 9.59 Å². The SMILES string of the molecule is CC(CC1CCC1)N1C(=O)CC(C2CCCCC2)C1=O. The Labute approximate surface area is 122 Å². The van der Waals surface area contributed by atoms with Crippen LogP contribution in [0.5, 0.6) is 0 Å². The lowest BCUT2D eigenvalue weighted by Crippen LogP contribution is -2.41. The molecule has 0 aromatic carbocycles. The highest BCUT2D eigenvalue weighted by Gasteiger charge is 2.45. The molecule has 2 unspecified atom stereocenters.